The molecule has 1 heterocycles. The van der Waals surface area contributed by atoms with Crippen LogP contribution in [0.3, 0.4) is 0 Å². The number of aryl methyl sites for hydroxylation is 1. The van der Waals surface area contributed by atoms with Crippen LogP contribution in [0, 0.1) is 0 Å². The monoisotopic (exact) mass is 320 g/mol. The Morgan fingerprint density at radius 2 is 1.75 bits per heavy atom. The number of amides is 1. The standard InChI is InChI=1S/C20H20N2O2/c1-14(11-12-15-7-3-2-4-8-15)22-20(24)19(23)17-13-21-18-10-6-5-9-16(17)18/h2-10,13-14,21H,11-12H2,1H3,(H,22,24)/t14-/m0/s1. The van der Waals surface area contributed by atoms with E-state index in [9.17, 15) is 9.59 Å². The molecule has 0 saturated carbocycles. The molecule has 0 saturated heterocycles. The molecule has 0 fully saturated rings. The zero-order valence-corrected chi connectivity index (χ0v) is 13.6. The molecule has 4 heteroatoms. The first-order chi connectivity index (χ1) is 11.6. The van der Waals surface area contributed by atoms with E-state index in [-0.39, 0.29) is 6.04 Å². The van der Waals surface area contributed by atoms with Crippen molar-refractivity contribution in [1.82, 2.24) is 10.3 Å². The molecule has 3 aromatic rings. The van der Waals surface area contributed by atoms with E-state index in [0.717, 1.165) is 23.7 Å². The van der Waals surface area contributed by atoms with Gasteiger partial charge in [-0.25, -0.2) is 0 Å². The fourth-order valence-electron chi connectivity index (χ4n) is 2.77. The third kappa shape index (κ3) is 3.54. The Labute approximate surface area is 140 Å². The second-order valence-corrected chi connectivity index (χ2v) is 5.98. The van der Waals surface area contributed by atoms with Gasteiger partial charge in [-0.1, -0.05) is 48.5 Å². The minimum atomic E-state index is -0.555. The highest BCUT2D eigenvalue weighted by molar-refractivity contribution is 6.45. The van der Waals surface area contributed by atoms with Gasteiger partial charge in [0.15, 0.2) is 0 Å². The lowest BCUT2D eigenvalue weighted by Gasteiger charge is -2.13. The van der Waals surface area contributed by atoms with E-state index in [1.165, 1.54) is 5.56 Å². The number of H-pyrrole nitrogens is 1. The van der Waals surface area contributed by atoms with Gasteiger partial charge in [-0.15, -0.1) is 0 Å². The Balaban J connectivity index is 1.60. The van der Waals surface area contributed by atoms with Crippen molar-refractivity contribution < 1.29 is 9.59 Å². The number of aromatic amines is 1. The first-order valence-corrected chi connectivity index (χ1v) is 8.10. The molecule has 0 aliphatic carbocycles. The Bertz CT molecular complexity index is 852. The van der Waals surface area contributed by atoms with Crippen LogP contribution in [0.4, 0.5) is 0 Å². The van der Waals surface area contributed by atoms with Crippen molar-refractivity contribution in [1.29, 1.82) is 0 Å². The molecule has 3 rings (SSSR count). The number of nitrogens with one attached hydrogen (secondary N) is 2. The first-order valence-electron chi connectivity index (χ1n) is 8.10. The molecular formula is C20H20N2O2. The van der Waals surface area contributed by atoms with Gasteiger partial charge in [0.1, 0.15) is 0 Å². The van der Waals surface area contributed by atoms with Crippen molar-refractivity contribution in [3.63, 3.8) is 0 Å². The number of fused-ring (bicyclic) bond motifs is 1. The summed E-state index contributed by atoms with van der Waals surface area (Å²) in [4.78, 5) is 27.7. The van der Waals surface area contributed by atoms with E-state index in [1.807, 2.05) is 49.4 Å². The lowest BCUT2D eigenvalue weighted by molar-refractivity contribution is -0.117. The van der Waals surface area contributed by atoms with Crippen molar-refractivity contribution in [2.45, 2.75) is 25.8 Å². The topological polar surface area (TPSA) is 62.0 Å². The van der Waals surface area contributed by atoms with Gasteiger partial charge < -0.3 is 10.3 Å². The number of para-hydroxylation sites is 1. The number of Topliss-reactive ketones (excluding diaryl/α,β-unsaturated/α-hetero) is 1. The van der Waals surface area contributed by atoms with Gasteiger partial charge in [-0.2, -0.15) is 0 Å². The van der Waals surface area contributed by atoms with Crippen LogP contribution >= 0.6 is 0 Å². The normalized spacial score (nSPS) is 12.0. The predicted octanol–water partition coefficient (Wildman–Crippen LogP) is 3.49. The van der Waals surface area contributed by atoms with E-state index in [2.05, 4.69) is 22.4 Å². The van der Waals surface area contributed by atoms with Gasteiger partial charge >= 0.3 is 0 Å². The summed E-state index contributed by atoms with van der Waals surface area (Å²) in [5.41, 5.74) is 2.49. The fourth-order valence-corrected chi connectivity index (χ4v) is 2.77. The Kier molecular flexibility index (Phi) is 4.75. The summed E-state index contributed by atoms with van der Waals surface area (Å²) in [5, 5.41) is 3.57. The minimum absolute atomic E-state index is 0.0631. The van der Waals surface area contributed by atoms with Gasteiger partial charge in [-0.3, -0.25) is 9.59 Å². The van der Waals surface area contributed by atoms with E-state index in [1.54, 1.807) is 6.20 Å². The van der Waals surface area contributed by atoms with E-state index in [0.29, 0.717) is 5.56 Å². The van der Waals surface area contributed by atoms with Crippen LogP contribution in [0.1, 0.15) is 29.3 Å². The van der Waals surface area contributed by atoms with E-state index in [4.69, 9.17) is 0 Å². The zero-order valence-electron chi connectivity index (χ0n) is 13.6. The number of ketones is 1. The van der Waals surface area contributed by atoms with Crippen molar-refractivity contribution in [2.24, 2.45) is 0 Å². The van der Waals surface area contributed by atoms with Gasteiger partial charge in [0, 0.05) is 23.1 Å². The molecule has 0 spiro atoms. The minimum Gasteiger partial charge on any atom is -0.360 e. The van der Waals surface area contributed by atoms with Crippen molar-refractivity contribution in [3.8, 4) is 0 Å². The molecule has 1 aromatic heterocycles. The predicted molar refractivity (Wildman–Crippen MR) is 95.0 cm³/mol. The quantitative estimate of drug-likeness (QED) is 0.539. The summed E-state index contributed by atoms with van der Waals surface area (Å²) >= 11 is 0. The second kappa shape index (κ2) is 7.13. The molecule has 24 heavy (non-hydrogen) atoms. The van der Waals surface area contributed by atoms with Crippen LogP contribution in [0.25, 0.3) is 10.9 Å². The van der Waals surface area contributed by atoms with Gasteiger partial charge in [0.05, 0.1) is 5.56 Å². The van der Waals surface area contributed by atoms with Crippen LogP contribution in [0.5, 0.6) is 0 Å². The fraction of sp³-hybridized carbons (Fsp3) is 0.200. The number of hydrogen-bond donors (Lipinski definition) is 2. The molecule has 0 unspecified atom stereocenters. The number of carbonyl (C=O) groups is 2. The summed E-state index contributed by atoms with van der Waals surface area (Å²) in [6, 6.07) is 17.5. The van der Waals surface area contributed by atoms with Crippen molar-refractivity contribution in [3.05, 3.63) is 71.9 Å². The molecule has 122 valence electrons. The number of rotatable bonds is 6. The number of aromatic nitrogens is 1. The third-order valence-electron chi connectivity index (χ3n) is 4.13. The van der Waals surface area contributed by atoms with Crippen LogP contribution in [-0.4, -0.2) is 22.7 Å². The Morgan fingerprint density at radius 1 is 1.04 bits per heavy atom. The summed E-state index contributed by atoms with van der Waals surface area (Å²) < 4.78 is 0. The molecule has 1 atom stereocenters. The van der Waals surface area contributed by atoms with Crippen LogP contribution in [-0.2, 0) is 11.2 Å². The molecule has 0 aliphatic heterocycles. The number of carbonyl (C=O) groups excluding carboxylic acids is 2. The average Bonchev–Trinajstić information content (AvgIpc) is 3.04. The molecule has 2 aromatic carbocycles. The smallest absolute Gasteiger partial charge is 0.292 e. The maximum Gasteiger partial charge on any atom is 0.292 e. The average molecular weight is 320 g/mol. The molecule has 1 amide bonds. The SMILES string of the molecule is C[C@@H](CCc1ccccc1)NC(=O)C(=O)c1c[nH]c2ccccc12. The van der Waals surface area contributed by atoms with Crippen LogP contribution in [0.2, 0.25) is 0 Å². The van der Waals surface area contributed by atoms with Crippen molar-refractivity contribution >= 4 is 22.6 Å². The molecular weight excluding hydrogens is 300 g/mol. The maximum atomic E-state index is 12.4. The molecule has 0 radical (unpaired) electrons. The van der Waals surface area contributed by atoms with E-state index < -0.39 is 11.7 Å². The first kappa shape index (κ1) is 16.0. The van der Waals surface area contributed by atoms with Gasteiger partial charge in [0.2, 0.25) is 0 Å². The van der Waals surface area contributed by atoms with Crippen LogP contribution in [0.15, 0.2) is 60.8 Å². The number of hydrogen-bond acceptors (Lipinski definition) is 2. The second-order valence-electron chi connectivity index (χ2n) is 5.98. The number of benzene rings is 2. The van der Waals surface area contributed by atoms with E-state index >= 15 is 0 Å². The lowest BCUT2D eigenvalue weighted by atomic mass is 10.1. The summed E-state index contributed by atoms with van der Waals surface area (Å²) in [5.74, 6) is -1.06. The summed E-state index contributed by atoms with van der Waals surface area (Å²) in [6.45, 7) is 1.92. The Morgan fingerprint density at radius 3 is 2.54 bits per heavy atom. The summed E-state index contributed by atoms with van der Waals surface area (Å²) in [6.07, 6.45) is 3.25. The maximum absolute atomic E-state index is 12.4. The summed E-state index contributed by atoms with van der Waals surface area (Å²) in [7, 11) is 0. The highest BCUT2D eigenvalue weighted by Gasteiger charge is 2.21. The van der Waals surface area contributed by atoms with Gasteiger partial charge in [-0.05, 0) is 31.4 Å². The van der Waals surface area contributed by atoms with Crippen LogP contribution < -0.4 is 5.32 Å². The Hall–Kier alpha value is -2.88. The van der Waals surface area contributed by atoms with Crippen molar-refractivity contribution in [2.75, 3.05) is 0 Å². The zero-order chi connectivity index (χ0) is 16.9. The highest BCUT2D eigenvalue weighted by Crippen LogP contribution is 2.18. The lowest BCUT2D eigenvalue weighted by Crippen LogP contribution is -2.37. The molecule has 0 aliphatic rings. The highest BCUT2D eigenvalue weighted by atomic mass is 16.2. The molecule has 0 bridgehead atoms. The molecule has 4 nitrogen and oxygen atoms in total. The third-order valence-corrected chi connectivity index (χ3v) is 4.13. The molecule has 2 N–H and O–H groups in total. The largest absolute Gasteiger partial charge is 0.360 e. The van der Waals surface area contributed by atoms with Gasteiger partial charge in [0.25, 0.3) is 11.7 Å².